The van der Waals surface area contributed by atoms with E-state index in [1.54, 1.807) is 0 Å². The number of nitrogens with one attached hydrogen (secondary N) is 1. The first-order valence-electron chi connectivity index (χ1n) is 6.45. The molecule has 0 saturated carbocycles. The Labute approximate surface area is 123 Å². The van der Waals surface area contributed by atoms with Gasteiger partial charge in [0.15, 0.2) is 0 Å². The standard InChI is InChI=1S/C16H19NO2S/c1-16(2,3)11-5-7-12(8-6-11)17-13-9-10-20-14(13)15(18)19-4/h5-10,17H,1-4H3. The molecule has 20 heavy (non-hydrogen) atoms. The van der Waals surface area contributed by atoms with Crippen LogP contribution < -0.4 is 5.32 Å². The number of anilines is 2. The Balaban J connectivity index is 2.19. The first-order chi connectivity index (χ1) is 9.41. The van der Waals surface area contributed by atoms with Gasteiger partial charge in [0.1, 0.15) is 4.88 Å². The normalized spacial score (nSPS) is 11.2. The zero-order valence-corrected chi connectivity index (χ0v) is 13.0. The molecule has 0 aliphatic heterocycles. The Bertz CT molecular complexity index is 594. The van der Waals surface area contributed by atoms with E-state index in [1.807, 2.05) is 23.6 Å². The van der Waals surface area contributed by atoms with E-state index in [4.69, 9.17) is 4.74 Å². The Morgan fingerprint density at radius 3 is 2.35 bits per heavy atom. The van der Waals surface area contributed by atoms with E-state index < -0.39 is 0 Å². The van der Waals surface area contributed by atoms with Gasteiger partial charge in [-0.3, -0.25) is 0 Å². The lowest BCUT2D eigenvalue weighted by atomic mass is 9.87. The van der Waals surface area contributed by atoms with Crippen molar-refractivity contribution in [2.45, 2.75) is 26.2 Å². The van der Waals surface area contributed by atoms with Gasteiger partial charge in [-0.25, -0.2) is 4.79 Å². The van der Waals surface area contributed by atoms with Gasteiger partial charge in [0.2, 0.25) is 0 Å². The molecule has 106 valence electrons. The van der Waals surface area contributed by atoms with Gasteiger partial charge < -0.3 is 10.1 Å². The molecule has 0 amide bonds. The molecular formula is C16H19NO2S. The number of benzene rings is 1. The minimum absolute atomic E-state index is 0.137. The van der Waals surface area contributed by atoms with Crippen LogP contribution in [0.2, 0.25) is 0 Å². The molecule has 0 spiro atoms. The second kappa shape index (κ2) is 5.67. The molecule has 0 aliphatic carbocycles. The minimum atomic E-state index is -0.311. The summed E-state index contributed by atoms with van der Waals surface area (Å²) in [6, 6.07) is 10.1. The SMILES string of the molecule is COC(=O)c1sccc1Nc1ccc(C(C)(C)C)cc1. The number of esters is 1. The van der Waals surface area contributed by atoms with Crippen LogP contribution in [-0.4, -0.2) is 13.1 Å². The summed E-state index contributed by atoms with van der Waals surface area (Å²) in [7, 11) is 1.39. The summed E-state index contributed by atoms with van der Waals surface area (Å²) >= 11 is 1.37. The number of carbonyl (C=O) groups excluding carboxylic acids is 1. The van der Waals surface area contributed by atoms with Gasteiger partial charge in [0, 0.05) is 5.69 Å². The number of hydrogen-bond donors (Lipinski definition) is 1. The molecule has 0 bridgehead atoms. The molecule has 4 heteroatoms. The third-order valence-electron chi connectivity index (χ3n) is 3.07. The van der Waals surface area contributed by atoms with Crippen LogP contribution in [0.15, 0.2) is 35.7 Å². The largest absolute Gasteiger partial charge is 0.465 e. The van der Waals surface area contributed by atoms with Crippen LogP contribution in [0.4, 0.5) is 11.4 Å². The van der Waals surface area contributed by atoms with Crippen molar-refractivity contribution in [1.82, 2.24) is 0 Å². The van der Waals surface area contributed by atoms with Gasteiger partial charge >= 0.3 is 5.97 Å². The minimum Gasteiger partial charge on any atom is -0.465 e. The van der Waals surface area contributed by atoms with Crippen molar-refractivity contribution >= 4 is 28.7 Å². The molecule has 2 aromatic rings. The highest BCUT2D eigenvalue weighted by Crippen LogP contribution is 2.28. The van der Waals surface area contributed by atoms with Crippen molar-refractivity contribution in [3.05, 3.63) is 46.2 Å². The Kier molecular flexibility index (Phi) is 4.14. The fourth-order valence-corrected chi connectivity index (χ4v) is 2.63. The molecule has 0 atom stereocenters. The highest BCUT2D eigenvalue weighted by molar-refractivity contribution is 7.12. The highest BCUT2D eigenvalue weighted by Gasteiger charge is 2.15. The van der Waals surface area contributed by atoms with Gasteiger partial charge in [0.25, 0.3) is 0 Å². The van der Waals surface area contributed by atoms with Crippen LogP contribution >= 0.6 is 11.3 Å². The van der Waals surface area contributed by atoms with Crippen LogP contribution in [0.5, 0.6) is 0 Å². The van der Waals surface area contributed by atoms with Crippen molar-refractivity contribution in [2.75, 3.05) is 12.4 Å². The van der Waals surface area contributed by atoms with Crippen molar-refractivity contribution in [3.63, 3.8) is 0 Å². The molecule has 0 saturated heterocycles. The average molecular weight is 289 g/mol. The maximum Gasteiger partial charge on any atom is 0.350 e. The number of thiophene rings is 1. The van der Waals surface area contributed by atoms with Crippen LogP contribution in [0, 0.1) is 0 Å². The second-order valence-corrected chi connectivity index (χ2v) is 6.52. The molecular weight excluding hydrogens is 270 g/mol. The smallest absolute Gasteiger partial charge is 0.350 e. The monoisotopic (exact) mass is 289 g/mol. The lowest BCUT2D eigenvalue weighted by Crippen LogP contribution is -2.10. The number of ether oxygens (including phenoxy) is 1. The molecule has 1 N–H and O–H groups in total. The lowest BCUT2D eigenvalue weighted by Gasteiger charge is -2.19. The van der Waals surface area contributed by atoms with Gasteiger partial charge in [-0.05, 0) is 34.6 Å². The molecule has 1 heterocycles. The number of carbonyl (C=O) groups is 1. The predicted molar refractivity (Wildman–Crippen MR) is 84.1 cm³/mol. The number of methoxy groups -OCH3 is 1. The second-order valence-electron chi connectivity index (χ2n) is 5.61. The van der Waals surface area contributed by atoms with E-state index in [1.165, 1.54) is 24.0 Å². The van der Waals surface area contributed by atoms with Gasteiger partial charge in [-0.1, -0.05) is 32.9 Å². The topological polar surface area (TPSA) is 38.3 Å². The van der Waals surface area contributed by atoms with E-state index in [9.17, 15) is 4.79 Å². The summed E-state index contributed by atoms with van der Waals surface area (Å²) in [5.41, 5.74) is 3.16. The molecule has 0 fully saturated rings. The maximum atomic E-state index is 11.6. The quantitative estimate of drug-likeness (QED) is 0.841. The third-order valence-corrected chi connectivity index (χ3v) is 3.96. The van der Waals surface area contributed by atoms with Crippen LogP contribution in [0.3, 0.4) is 0 Å². The van der Waals surface area contributed by atoms with Crippen LogP contribution in [-0.2, 0) is 10.2 Å². The molecule has 3 nitrogen and oxygen atoms in total. The van der Waals surface area contributed by atoms with E-state index in [0.717, 1.165) is 11.4 Å². The van der Waals surface area contributed by atoms with E-state index in [0.29, 0.717) is 4.88 Å². The van der Waals surface area contributed by atoms with Gasteiger partial charge in [-0.2, -0.15) is 0 Å². The van der Waals surface area contributed by atoms with Crippen LogP contribution in [0.1, 0.15) is 36.0 Å². The highest BCUT2D eigenvalue weighted by atomic mass is 32.1. The Morgan fingerprint density at radius 1 is 1.15 bits per heavy atom. The third kappa shape index (κ3) is 3.20. The van der Waals surface area contributed by atoms with E-state index in [2.05, 4.69) is 38.2 Å². The summed E-state index contributed by atoms with van der Waals surface area (Å²) in [4.78, 5) is 12.2. The van der Waals surface area contributed by atoms with E-state index >= 15 is 0 Å². The number of rotatable bonds is 3. The zero-order chi connectivity index (χ0) is 14.8. The first-order valence-corrected chi connectivity index (χ1v) is 7.33. The van der Waals surface area contributed by atoms with Crippen molar-refractivity contribution < 1.29 is 9.53 Å². The molecule has 2 rings (SSSR count). The van der Waals surface area contributed by atoms with E-state index in [-0.39, 0.29) is 11.4 Å². The first kappa shape index (κ1) is 14.6. The van der Waals surface area contributed by atoms with Gasteiger partial charge in [-0.15, -0.1) is 11.3 Å². The Morgan fingerprint density at radius 2 is 1.80 bits per heavy atom. The molecule has 0 unspecified atom stereocenters. The maximum absolute atomic E-state index is 11.6. The summed E-state index contributed by atoms with van der Waals surface area (Å²) in [6.07, 6.45) is 0. The van der Waals surface area contributed by atoms with Crippen molar-refractivity contribution in [2.24, 2.45) is 0 Å². The predicted octanol–water partition coefficient (Wildman–Crippen LogP) is 4.58. The fraction of sp³-hybridized carbons (Fsp3) is 0.312. The molecule has 1 aromatic heterocycles. The summed E-state index contributed by atoms with van der Waals surface area (Å²) in [5.74, 6) is -0.311. The van der Waals surface area contributed by atoms with Crippen molar-refractivity contribution in [3.8, 4) is 0 Å². The number of hydrogen-bond acceptors (Lipinski definition) is 4. The molecule has 1 aromatic carbocycles. The summed E-state index contributed by atoms with van der Waals surface area (Å²) in [5, 5.41) is 5.13. The van der Waals surface area contributed by atoms with Gasteiger partial charge in [0.05, 0.1) is 12.8 Å². The van der Waals surface area contributed by atoms with Crippen molar-refractivity contribution in [1.29, 1.82) is 0 Å². The van der Waals surface area contributed by atoms with Crippen LogP contribution in [0.25, 0.3) is 0 Å². The molecule has 0 aliphatic rings. The Hall–Kier alpha value is -1.81. The summed E-state index contributed by atoms with van der Waals surface area (Å²) < 4.78 is 4.77. The average Bonchev–Trinajstić information content (AvgIpc) is 2.85. The summed E-state index contributed by atoms with van der Waals surface area (Å²) in [6.45, 7) is 6.55. The molecule has 0 radical (unpaired) electrons. The fourth-order valence-electron chi connectivity index (χ4n) is 1.87. The lowest BCUT2D eigenvalue weighted by molar-refractivity contribution is 0.0607. The zero-order valence-electron chi connectivity index (χ0n) is 12.2.